The second kappa shape index (κ2) is 8.22. The van der Waals surface area contributed by atoms with Gasteiger partial charge in [0.25, 0.3) is 0 Å². The van der Waals surface area contributed by atoms with Crippen LogP contribution < -0.4 is 5.32 Å². The summed E-state index contributed by atoms with van der Waals surface area (Å²) < 4.78 is 4.89. The lowest BCUT2D eigenvalue weighted by molar-refractivity contribution is -0.148. The maximum absolute atomic E-state index is 11.9. The van der Waals surface area contributed by atoms with E-state index in [1.165, 1.54) is 7.11 Å². The van der Waals surface area contributed by atoms with Crippen molar-refractivity contribution in [2.24, 2.45) is 0 Å². The number of hydrogen-bond donors (Lipinski definition) is 2. The Bertz CT molecular complexity index is 370. The molecule has 0 spiro atoms. The first-order valence-corrected chi connectivity index (χ1v) is 7.56. The minimum atomic E-state index is -0.589. The number of nitrogens with zero attached hydrogens (tertiary/aromatic N) is 1. The van der Waals surface area contributed by atoms with Gasteiger partial charge in [0.05, 0.1) is 7.11 Å². The minimum Gasteiger partial charge on any atom is -0.468 e. The fourth-order valence-corrected chi connectivity index (χ4v) is 2.58. The molecule has 0 aromatic carbocycles. The molecule has 1 rings (SSSR count). The van der Waals surface area contributed by atoms with E-state index in [4.69, 9.17) is 4.74 Å². The standard InChI is InChI=1S/C13H23N3O2S/c1-4-7-16-13(2,11(17)18-3)6-5-10-19-12-14-8-9-15-12/h8-9,16H,4-7,10H2,1-3H3,(H,14,15). The Morgan fingerprint density at radius 1 is 1.63 bits per heavy atom. The Kier molecular flexibility index (Phi) is 6.94. The maximum Gasteiger partial charge on any atom is 0.325 e. The third-order valence-electron chi connectivity index (χ3n) is 2.93. The monoisotopic (exact) mass is 285 g/mol. The van der Waals surface area contributed by atoms with Crippen LogP contribution in [0.5, 0.6) is 0 Å². The molecule has 108 valence electrons. The molecule has 0 saturated carbocycles. The summed E-state index contributed by atoms with van der Waals surface area (Å²) >= 11 is 1.66. The number of H-pyrrole nitrogens is 1. The van der Waals surface area contributed by atoms with Gasteiger partial charge in [-0.3, -0.25) is 4.79 Å². The van der Waals surface area contributed by atoms with Crippen molar-refractivity contribution >= 4 is 17.7 Å². The highest BCUT2D eigenvalue weighted by Gasteiger charge is 2.32. The summed E-state index contributed by atoms with van der Waals surface area (Å²) in [5.74, 6) is 0.734. The molecule has 0 fully saturated rings. The highest BCUT2D eigenvalue weighted by Crippen LogP contribution is 2.19. The fraction of sp³-hybridized carbons (Fsp3) is 0.692. The van der Waals surface area contributed by atoms with Gasteiger partial charge in [-0.05, 0) is 32.7 Å². The molecule has 19 heavy (non-hydrogen) atoms. The van der Waals surface area contributed by atoms with Gasteiger partial charge in [0.1, 0.15) is 5.54 Å². The van der Waals surface area contributed by atoms with Gasteiger partial charge in [0.15, 0.2) is 5.16 Å². The first-order chi connectivity index (χ1) is 9.12. The largest absolute Gasteiger partial charge is 0.468 e. The zero-order chi connectivity index (χ0) is 14.1. The van der Waals surface area contributed by atoms with Crippen molar-refractivity contribution in [3.8, 4) is 0 Å². The number of nitrogens with one attached hydrogen (secondary N) is 2. The molecular weight excluding hydrogens is 262 g/mol. The smallest absolute Gasteiger partial charge is 0.325 e. The first-order valence-electron chi connectivity index (χ1n) is 6.58. The Hall–Kier alpha value is -1.01. The van der Waals surface area contributed by atoms with E-state index in [0.29, 0.717) is 0 Å². The van der Waals surface area contributed by atoms with E-state index in [-0.39, 0.29) is 5.97 Å². The van der Waals surface area contributed by atoms with Gasteiger partial charge >= 0.3 is 5.97 Å². The first kappa shape index (κ1) is 16.0. The predicted molar refractivity (Wildman–Crippen MR) is 77.3 cm³/mol. The topological polar surface area (TPSA) is 67.0 Å². The zero-order valence-electron chi connectivity index (χ0n) is 11.9. The van der Waals surface area contributed by atoms with E-state index in [9.17, 15) is 4.79 Å². The number of methoxy groups -OCH3 is 1. The van der Waals surface area contributed by atoms with Crippen LogP contribution in [0.25, 0.3) is 0 Å². The number of hydrogen-bond acceptors (Lipinski definition) is 5. The molecule has 1 aromatic heterocycles. The van der Waals surface area contributed by atoms with E-state index >= 15 is 0 Å². The molecule has 0 radical (unpaired) electrons. The quantitative estimate of drug-likeness (QED) is 0.414. The van der Waals surface area contributed by atoms with Crippen molar-refractivity contribution in [1.29, 1.82) is 0 Å². The molecule has 1 heterocycles. The summed E-state index contributed by atoms with van der Waals surface area (Å²) in [5.41, 5.74) is -0.589. The van der Waals surface area contributed by atoms with Gasteiger partial charge < -0.3 is 15.0 Å². The van der Waals surface area contributed by atoms with Crippen LogP contribution in [0, 0.1) is 0 Å². The van der Waals surface area contributed by atoms with Gasteiger partial charge in [0, 0.05) is 18.1 Å². The van der Waals surface area contributed by atoms with Gasteiger partial charge in [-0.2, -0.15) is 0 Å². The summed E-state index contributed by atoms with van der Waals surface area (Å²) in [6.45, 7) is 4.81. The van der Waals surface area contributed by atoms with E-state index < -0.39 is 5.54 Å². The van der Waals surface area contributed by atoms with E-state index in [2.05, 4.69) is 22.2 Å². The van der Waals surface area contributed by atoms with Crippen molar-refractivity contribution in [1.82, 2.24) is 15.3 Å². The summed E-state index contributed by atoms with van der Waals surface area (Å²) in [6.07, 6.45) is 6.22. The lowest BCUT2D eigenvalue weighted by atomic mass is 9.96. The van der Waals surface area contributed by atoms with E-state index in [1.807, 2.05) is 13.1 Å². The average Bonchev–Trinajstić information content (AvgIpc) is 2.93. The number of aromatic amines is 1. The molecule has 1 aromatic rings. The lowest BCUT2D eigenvalue weighted by Crippen LogP contribution is -2.50. The summed E-state index contributed by atoms with van der Waals surface area (Å²) in [5, 5.41) is 4.20. The molecule has 0 aliphatic heterocycles. The van der Waals surface area contributed by atoms with Crippen molar-refractivity contribution in [3.63, 3.8) is 0 Å². The normalized spacial score (nSPS) is 14.1. The molecule has 0 bridgehead atoms. The predicted octanol–water partition coefficient (Wildman–Crippen LogP) is 2.21. The third-order valence-corrected chi connectivity index (χ3v) is 3.92. The van der Waals surface area contributed by atoms with Gasteiger partial charge in [-0.15, -0.1) is 0 Å². The van der Waals surface area contributed by atoms with Crippen molar-refractivity contribution < 1.29 is 9.53 Å². The summed E-state index contributed by atoms with van der Waals surface area (Å²) in [4.78, 5) is 19.1. The van der Waals surface area contributed by atoms with E-state index in [0.717, 1.165) is 36.7 Å². The van der Waals surface area contributed by atoms with Crippen LogP contribution in [-0.2, 0) is 9.53 Å². The molecule has 0 aliphatic rings. The average molecular weight is 285 g/mol. The molecule has 1 atom stereocenters. The number of imidazole rings is 1. The Labute approximate surface area is 118 Å². The lowest BCUT2D eigenvalue weighted by Gasteiger charge is -2.27. The number of ether oxygens (including phenoxy) is 1. The van der Waals surface area contributed by atoms with Crippen LogP contribution in [-0.4, -0.2) is 40.9 Å². The molecule has 6 heteroatoms. The number of aromatic nitrogens is 2. The number of carbonyl (C=O) groups excluding carboxylic acids is 1. The van der Waals surface area contributed by atoms with Gasteiger partial charge in [0.2, 0.25) is 0 Å². The SMILES string of the molecule is CCCNC(C)(CCCSc1ncc[nH]1)C(=O)OC. The third kappa shape index (κ3) is 5.24. The van der Waals surface area contributed by atoms with Crippen LogP contribution in [0.3, 0.4) is 0 Å². The second-order valence-electron chi connectivity index (χ2n) is 4.60. The van der Waals surface area contributed by atoms with Crippen molar-refractivity contribution in [2.75, 3.05) is 19.4 Å². The molecule has 0 saturated heterocycles. The number of carbonyl (C=O) groups is 1. The van der Waals surface area contributed by atoms with Crippen molar-refractivity contribution in [2.45, 2.75) is 43.8 Å². The highest BCUT2D eigenvalue weighted by atomic mass is 32.2. The number of rotatable bonds is 9. The molecular formula is C13H23N3O2S. The van der Waals surface area contributed by atoms with Crippen LogP contribution in [0.2, 0.25) is 0 Å². The molecule has 5 nitrogen and oxygen atoms in total. The van der Waals surface area contributed by atoms with Gasteiger partial charge in [-0.1, -0.05) is 18.7 Å². The Morgan fingerprint density at radius 3 is 3.00 bits per heavy atom. The number of esters is 1. The second-order valence-corrected chi connectivity index (χ2v) is 5.68. The highest BCUT2D eigenvalue weighted by molar-refractivity contribution is 7.99. The zero-order valence-corrected chi connectivity index (χ0v) is 12.7. The Balaban J connectivity index is 2.37. The fourth-order valence-electron chi connectivity index (χ4n) is 1.81. The molecule has 0 aliphatic carbocycles. The van der Waals surface area contributed by atoms with Crippen molar-refractivity contribution in [3.05, 3.63) is 12.4 Å². The summed E-state index contributed by atoms with van der Waals surface area (Å²) in [7, 11) is 1.44. The van der Waals surface area contributed by atoms with Crippen LogP contribution in [0.1, 0.15) is 33.1 Å². The van der Waals surface area contributed by atoms with Gasteiger partial charge in [-0.25, -0.2) is 4.98 Å². The Morgan fingerprint density at radius 2 is 2.42 bits per heavy atom. The maximum atomic E-state index is 11.9. The van der Waals surface area contributed by atoms with Crippen LogP contribution in [0.4, 0.5) is 0 Å². The molecule has 0 amide bonds. The number of thioether (sulfide) groups is 1. The molecule has 1 unspecified atom stereocenters. The minimum absolute atomic E-state index is 0.191. The van der Waals surface area contributed by atoms with E-state index in [1.54, 1.807) is 18.0 Å². The van der Waals surface area contributed by atoms with Crippen LogP contribution >= 0.6 is 11.8 Å². The van der Waals surface area contributed by atoms with Crippen LogP contribution in [0.15, 0.2) is 17.6 Å². The molecule has 2 N–H and O–H groups in total. The summed E-state index contributed by atoms with van der Waals surface area (Å²) in [6, 6.07) is 0.